The monoisotopic (exact) mass is 346 g/mol. The van der Waals surface area contributed by atoms with Crippen LogP contribution in [0.25, 0.3) is 22.4 Å². The molecule has 0 amide bonds. The molecular formula is C18H13F3N2O2. The Morgan fingerprint density at radius 3 is 2.64 bits per heavy atom. The molecule has 1 heterocycles. The van der Waals surface area contributed by atoms with Gasteiger partial charge in [0.05, 0.1) is 5.69 Å². The Kier molecular flexibility index (Phi) is 4.08. The van der Waals surface area contributed by atoms with Gasteiger partial charge in [-0.1, -0.05) is 30.3 Å². The largest absolute Gasteiger partial charge is 0.507 e. The minimum absolute atomic E-state index is 0.0149. The third-order valence-corrected chi connectivity index (χ3v) is 3.76. The van der Waals surface area contributed by atoms with E-state index in [4.69, 9.17) is 0 Å². The molecule has 128 valence electrons. The van der Waals surface area contributed by atoms with Crippen LogP contribution in [-0.4, -0.2) is 15.1 Å². The number of nitrogens with zero attached hydrogens (tertiary/aromatic N) is 1. The van der Waals surface area contributed by atoms with Gasteiger partial charge in [0.1, 0.15) is 11.4 Å². The van der Waals surface area contributed by atoms with E-state index in [1.54, 1.807) is 23.2 Å². The lowest BCUT2D eigenvalue weighted by molar-refractivity contribution is -0.141. The van der Waals surface area contributed by atoms with Gasteiger partial charge in [-0.15, -0.1) is 0 Å². The molecule has 3 rings (SSSR count). The number of rotatable bonds is 2. The fourth-order valence-electron chi connectivity index (χ4n) is 2.54. The average molecular weight is 346 g/mol. The van der Waals surface area contributed by atoms with Crippen molar-refractivity contribution in [2.45, 2.75) is 13.1 Å². The van der Waals surface area contributed by atoms with Gasteiger partial charge in [-0.2, -0.15) is 18.2 Å². The zero-order valence-corrected chi connectivity index (χ0v) is 13.1. The molecule has 4 nitrogen and oxygen atoms in total. The van der Waals surface area contributed by atoms with Gasteiger partial charge in [0.15, 0.2) is 0 Å². The highest BCUT2D eigenvalue weighted by Crippen LogP contribution is 2.32. The fraction of sp³-hybridized carbons (Fsp3) is 0.111. The van der Waals surface area contributed by atoms with Gasteiger partial charge in [-0.05, 0) is 41.5 Å². The molecule has 0 unspecified atom stereocenters. The molecule has 1 aromatic heterocycles. The van der Waals surface area contributed by atoms with Gasteiger partial charge in [0.2, 0.25) is 0 Å². The van der Waals surface area contributed by atoms with Crippen LogP contribution in [-0.2, 0) is 6.18 Å². The lowest BCUT2D eigenvalue weighted by Gasteiger charge is -2.09. The van der Waals surface area contributed by atoms with Crippen LogP contribution < -0.4 is 5.69 Å². The van der Waals surface area contributed by atoms with E-state index < -0.39 is 17.6 Å². The van der Waals surface area contributed by atoms with Crippen molar-refractivity contribution in [3.8, 4) is 5.75 Å². The molecule has 0 saturated carbocycles. The maximum Gasteiger partial charge on any atom is 0.431 e. The van der Waals surface area contributed by atoms with Crippen molar-refractivity contribution in [3.05, 3.63) is 69.9 Å². The predicted octanol–water partition coefficient (Wildman–Crippen LogP) is 4.21. The summed E-state index contributed by atoms with van der Waals surface area (Å²) in [6, 6.07) is 11.3. The smallest absolute Gasteiger partial charge is 0.431 e. The van der Waals surface area contributed by atoms with Crippen LogP contribution in [0, 0.1) is 0 Å². The van der Waals surface area contributed by atoms with Crippen molar-refractivity contribution in [2.75, 3.05) is 0 Å². The molecule has 0 spiro atoms. The molecular weight excluding hydrogens is 333 g/mol. The molecule has 0 bridgehead atoms. The standard InChI is InChI=1S/C18H13F3N2O2/c1-10(14-9-16(18(19,20)21)23-17(25)22-14)8-13-12-5-3-2-4-11(12)6-7-15(13)24/h2-9,24H,1H3,(H,22,23,25)/b10-8+. The number of hydrogen-bond donors (Lipinski definition) is 2. The van der Waals surface area contributed by atoms with Crippen molar-refractivity contribution < 1.29 is 18.3 Å². The lowest BCUT2D eigenvalue weighted by atomic mass is 10.0. The Morgan fingerprint density at radius 1 is 1.20 bits per heavy atom. The highest BCUT2D eigenvalue weighted by atomic mass is 19.4. The van der Waals surface area contributed by atoms with Gasteiger partial charge in [-0.25, -0.2) is 4.79 Å². The number of aromatic amines is 1. The molecule has 7 heteroatoms. The summed E-state index contributed by atoms with van der Waals surface area (Å²) >= 11 is 0. The van der Waals surface area contributed by atoms with E-state index in [2.05, 4.69) is 4.98 Å². The second kappa shape index (κ2) is 6.08. The molecule has 0 fully saturated rings. The fourth-order valence-corrected chi connectivity index (χ4v) is 2.54. The summed E-state index contributed by atoms with van der Waals surface area (Å²) in [7, 11) is 0. The summed E-state index contributed by atoms with van der Waals surface area (Å²) in [5.74, 6) is -0.0149. The number of aromatic hydroxyl groups is 1. The molecule has 2 aromatic carbocycles. The van der Waals surface area contributed by atoms with Gasteiger partial charge in [0.25, 0.3) is 0 Å². The molecule has 3 aromatic rings. The first-order valence-corrected chi connectivity index (χ1v) is 7.33. The molecule has 2 N–H and O–H groups in total. The first-order valence-electron chi connectivity index (χ1n) is 7.33. The van der Waals surface area contributed by atoms with E-state index in [1.807, 2.05) is 12.1 Å². The number of nitrogens with one attached hydrogen (secondary N) is 1. The number of H-pyrrole nitrogens is 1. The summed E-state index contributed by atoms with van der Waals surface area (Å²) in [5.41, 5.74) is -1.59. The van der Waals surface area contributed by atoms with E-state index in [-0.39, 0.29) is 11.4 Å². The van der Waals surface area contributed by atoms with Gasteiger partial charge in [-0.3, -0.25) is 0 Å². The molecule has 0 aliphatic carbocycles. The molecule has 0 radical (unpaired) electrons. The van der Waals surface area contributed by atoms with Crippen molar-refractivity contribution in [1.82, 2.24) is 9.97 Å². The van der Waals surface area contributed by atoms with Crippen molar-refractivity contribution in [2.24, 2.45) is 0 Å². The number of phenolic OH excluding ortho intramolecular Hbond substituents is 1. The number of fused-ring (bicyclic) bond motifs is 1. The zero-order valence-electron chi connectivity index (χ0n) is 13.1. The second-order valence-electron chi connectivity index (χ2n) is 5.53. The Morgan fingerprint density at radius 2 is 1.92 bits per heavy atom. The summed E-state index contributed by atoms with van der Waals surface area (Å²) in [5, 5.41) is 11.7. The summed E-state index contributed by atoms with van der Waals surface area (Å²) < 4.78 is 38.6. The third-order valence-electron chi connectivity index (χ3n) is 3.76. The maximum absolute atomic E-state index is 12.9. The van der Waals surface area contributed by atoms with Crippen LogP contribution in [0.5, 0.6) is 5.75 Å². The normalized spacial score (nSPS) is 12.6. The molecule has 0 aliphatic rings. The van der Waals surface area contributed by atoms with E-state index >= 15 is 0 Å². The minimum Gasteiger partial charge on any atom is -0.507 e. The van der Waals surface area contributed by atoms with E-state index in [0.29, 0.717) is 11.1 Å². The lowest BCUT2D eigenvalue weighted by Crippen LogP contribution is -2.20. The second-order valence-corrected chi connectivity index (χ2v) is 5.53. The Hall–Kier alpha value is -3.09. The van der Waals surface area contributed by atoms with Crippen LogP contribution in [0.3, 0.4) is 0 Å². The van der Waals surface area contributed by atoms with E-state index in [9.17, 15) is 23.1 Å². The molecule has 0 saturated heterocycles. The van der Waals surface area contributed by atoms with Crippen LogP contribution in [0.1, 0.15) is 23.9 Å². The summed E-state index contributed by atoms with van der Waals surface area (Å²) in [6.07, 6.45) is -3.17. The Bertz CT molecular complexity index is 1040. The Labute approximate surface area is 140 Å². The number of hydrogen-bond acceptors (Lipinski definition) is 3. The zero-order chi connectivity index (χ0) is 18.2. The highest BCUT2D eigenvalue weighted by molar-refractivity contribution is 5.97. The van der Waals surface area contributed by atoms with Crippen LogP contribution >= 0.6 is 0 Å². The third kappa shape index (κ3) is 3.40. The number of alkyl halides is 3. The maximum atomic E-state index is 12.9. The van der Waals surface area contributed by atoms with E-state index in [0.717, 1.165) is 16.8 Å². The number of benzene rings is 2. The van der Waals surface area contributed by atoms with Crippen LogP contribution in [0.2, 0.25) is 0 Å². The molecule has 0 aliphatic heterocycles. The van der Waals surface area contributed by atoms with Crippen LogP contribution in [0.4, 0.5) is 13.2 Å². The minimum atomic E-state index is -4.68. The number of allylic oxidation sites excluding steroid dienone is 1. The van der Waals surface area contributed by atoms with Crippen molar-refractivity contribution in [3.63, 3.8) is 0 Å². The predicted molar refractivity (Wildman–Crippen MR) is 89.0 cm³/mol. The average Bonchev–Trinajstić information content (AvgIpc) is 2.56. The van der Waals surface area contributed by atoms with Crippen molar-refractivity contribution >= 4 is 22.4 Å². The first-order chi connectivity index (χ1) is 11.8. The molecule has 0 atom stereocenters. The highest BCUT2D eigenvalue weighted by Gasteiger charge is 2.32. The van der Waals surface area contributed by atoms with Crippen LogP contribution in [0.15, 0.2) is 47.3 Å². The number of aromatic nitrogens is 2. The number of halogens is 3. The summed E-state index contributed by atoms with van der Waals surface area (Å²) in [6.45, 7) is 1.53. The van der Waals surface area contributed by atoms with Gasteiger partial charge in [0, 0.05) is 5.56 Å². The first kappa shape index (κ1) is 16.8. The quantitative estimate of drug-likeness (QED) is 0.731. The van der Waals surface area contributed by atoms with Gasteiger partial charge < -0.3 is 10.1 Å². The van der Waals surface area contributed by atoms with E-state index in [1.165, 1.54) is 19.1 Å². The SMILES string of the molecule is C/C(=C\c1c(O)ccc2ccccc12)c1cc(C(F)(F)F)[nH]c(=O)n1. The van der Waals surface area contributed by atoms with Gasteiger partial charge >= 0.3 is 11.9 Å². The topological polar surface area (TPSA) is 66.0 Å². The summed E-state index contributed by atoms with van der Waals surface area (Å²) in [4.78, 5) is 16.7. The number of phenols is 1. The molecule has 25 heavy (non-hydrogen) atoms. The Balaban J connectivity index is 2.17. The van der Waals surface area contributed by atoms with Crippen molar-refractivity contribution in [1.29, 1.82) is 0 Å².